The Kier molecular flexibility index (Phi) is 6.47. The number of thiophene rings is 1. The van der Waals surface area contributed by atoms with Gasteiger partial charge in [0, 0.05) is 28.8 Å². The van der Waals surface area contributed by atoms with E-state index in [2.05, 4.69) is 31.2 Å². The fourth-order valence-corrected chi connectivity index (χ4v) is 3.51. The number of nitrogens with one attached hydrogen (secondary N) is 4. The molecule has 2 aromatic carbocycles. The van der Waals surface area contributed by atoms with E-state index in [4.69, 9.17) is 4.74 Å². The number of aryl methyl sites for hydroxylation is 1. The van der Waals surface area contributed by atoms with Crippen LogP contribution in [0.25, 0.3) is 0 Å². The van der Waals surface area contributed by atoms with Gasteiger partial charge in [-0.1, -0.05) is 0 Å². The van der Waals surface area contributed by atoms with Crippen LogP contribution in [-0.2, 0) is 0 Å². The Bertz CT molecular complexity index is 1180. The molecule has 2 heterocycles. The summed E-state index contributed by atoms with van der Waals surface area (Å²) in [6.07, 6.45) is 0. The zero-order chi connectivity index (χ0) is 22.3. The average Bonchev–Trinajstić information content (AvgIpc) is 3.28. The van der Waals surface area contributed by atoms with E-state index in [1.807, 2.05) is 79.0 Å². The number of aromatic nitrogens is 2. The first-order valence-electron chi connectivity index (χ1n) is 9.83. The summed E-state index contributed by atoms with van der Waals surface area (Å²) in [6, 6.07) is 20.2. The van der Waals surface area contributed by atoms with E-state index in [1.54, 1.807) is 7.11 Å². The van der Waals surface area contributed by atoms with Crippen molar-refractivity contribution in [2.24, 2.45) is 0 Å². The molecule has 0 radical (unpaired) electrons. The molecule has 0 spiro atoms. The van der Waals surface area contributed by atoms with Crippen LogP contribution in [0.3, 0.4) is 0 Å². The molecule has 32 heavy (non-hydrogen) atoms. The zero-order valence-electron chi connectivity index (χ0n) is 17.5. The lowest BCUT2D eigenvalue weighted by molar-refractivity contribution is 0.262. The Hall–Kier alpha value is -4.11. The van der Waals surface area contributed by atoms with Crippen LogP contribution in [0.1, 0.15) is 5.69 Å². The summed E-state index contributed by atoms with van der Waals surface area (Å²) >= 11 is 1.46. The summed E-state index contributed by atoms with van der Waals surface area (Å²) in [5.41, 5.74) is 3.19. The molecule has 4 aromatic rings. The van der Waals surface area contributed by atoms with Crippen LogP contribution in [0, 0.1) is 6.92 Å². The van der Waals surface area contributed by atoms with Crippen molar-refractivity contribution in [2.45, 2.75) is 6.92 Å². The van der Waals surface area contributed by atoms with E-state index in [0.29, 0.717) is 17.5 Å². The van der Waals surface area contributed by atoms with Gasteiger partial charge in [-0.25, -0.2) is 9.78 Å². The van der Waals surface area contributed by atoms with Gasteiger partial charge in [0.1, 0.15) is 11.6 Å². The van der Waals surface area contributed by atoms with Gasteiger partial charge >= 0.3 is 6.03 Å². The summed E-state index contributed by atoms with van der Waals surface area (Å²) in [7, 11) is 1.64. The minimum absolute atomic E-state index is 0.288. The predicted molar refractivity (Wildman–Crippen MR) is 130 cm³/mol. The Balaban J connectivity index is 1.39. The van der Waals surface area contributed by atoms with Gasteiger partial charge in [0.2, 0.25) is 5.95 Å². The third-order valence-corrected chi connectivity index (χ3v) is 5.16. The van der Waals surface area contributed by atoms with Crippen molar-refractivity contribution in [3.8, 4) is 5.75 Å². The van der Waals surface area contributed by atoms with E-state index in [0.717, 1.165) is 27.8 Å². The van der Waals surface area contributed by atoms with Crippen LogP contribution >= 0.6 is 11.3 Å². The number of anilines is 6. The van der Waals surface area contributed by atoms with Gasteiger partial charge in [-0.2, -0.15) is 4.98 Å². The second-order valence-electron chi connectivity index (χ2n) is 6.83. The van der Waals surface area contributed by atoms with Crippen LogP contribution in [0.15, 0.2) is 72.1 Å². The molecule has 0 unspecified atom stereocenters. The van der Waals surface area contributed by atoms with Crippen molar-refractivity contribution in [3.05, 3.63) is 77.8 Å². The van der Waals surface area contributed by atoms with Crippen molar-refractivity contribution in [3.63, 3.8) is 0 Å². The molecule has 0 aliphatic carbocycles. The van der Waals surface area contributed by atoms with Crippen molar-refractivity contribution < 1.29 is 9.53 Å². The fraction of sp³-hybridized carbons (Fsp3) is 0.0870. The van der Waals surface area contributed by atoms with Gasteiger partial charge in [-0.15, -0.1) is 11.3 Å². The minimum atomic E-state index is -0.288. The summed E-state index contributed by atoms with van der Waals surface area (Å²) in [6.45, 7) is 1.91. The quantitative estimate of drug-likeness (QED) is 0.278. The Morgan fingerprint density at radius 3 is 2.25 bits per heavy atom. The molecule has 0 aliphatic rings. The second-order valence-corrected chi connectivity index (χ2v) is 7.78. The first-order valence-corrected chi connectivity index (χ1v) is 10.7. The Morgan fingerprint density at radius 1 is 0.875 bits per heavy atom. The van der Waals surface area contributed by atoms with Gasteiger partial charge in [-0.3, -0.25) is 5.32 Å². The Morgan fingerprint density at radius 2 is 1.56 bits per heavy atom. The molecule has 0 atom stereocenters. The molecule has 0 saturated carbocycles. The number of carbonyl (C=O) groups is 1. The molecule has 0 aliphatic heterocycles. The number of hydrogen-bond donors (Lipinski definition) is 4. The lowest BCUT2D eigenvalue weighted by Gasteiger charge is -2.11. The lowest BCUT2D eigenvalue weighted by atomic mass is 10.3. The molecule has 9 heteroatoms. The highest BCUT2D eigenvalue weighted by Gasteiger charge is 2.06. The number of amides is 2. The second kappa shape index (κ2) is 9.80. The summed E-state index contributed by atoms with van der Waals surface area (Å²) in [5, 5.41) is 14.7. The van der Waals surface area contributed by atoms with Gasteiger partial charge in [0.05, 0.1) is 12.1 Å². The molecule has 0 saturated heterocycles. The SMILES string of the molecule is COc1ccc(Nc2cc(C)nc(Nc3ccc(NC(=O)Nc4cccs4)cc3)n2)cc1. The monoisotopic (exact) mass is 446 g/mol. The van der Waals surface area contributed by atoms with Crippen LogP contribution in [0.2, 0.25) is 0 Å². The molecule has 4 N–H and O–H groups in total. The fourth-order valence-electron chi connectivity index (χ4n) is 2.90. The standard InChI is InChI=1S/C23H22N6O2S/c1-15-14-20(25-16-9-11-19(31-2)12-10-16)28-22(24-15)26-17-5-7-18(8-6-17)27-23(30)29-21-4-3-13-32-21/h3-14H,1-2H3,(H2,27,29,30)(H2,24,25,26,28). The summed E-state index contributed by atoms with van der Waals surface area (Å²) < 4.78 is 5.19. The molecule has 162 valence electrons. The van der Waals surface area contributed by atoms with Crippen LogP contribution < -0.4 is 26.0 Å². The highest BCUT2D eigenvalue weighted by molar-refractivity contribution is 7.14. The smallest absolute Gasteiger partial charge is 0.324 e. The first-order chi connectivity index (χ1) is 15.6. The predicted octanol–water partition coefficient (Wildman–Crippen LogP) is 5.99. The maximum absolute atomic E-state index is 12.1. The molecular weight excluding hydrogens is 424 g/mol. The normalized spacial score (nSPS) is 10.3. The Labute approximate surface area is 189 Å². The topological polar surface area (TPSA) is 100 Å². The van der Waals surface area contributed by atoms with E-state index in [-0.39, 0.29) is 6.03 Å². The third-order valence-electron chi connectivity index (χ3n) is 4.37. The average molecular weight is 447 g/mol. The number of rotatable bonds is 7. The highest BCUT2D eigenvalue weighted by Crippen LogP contribution is 2.22. The maximum Gasteiger partial charge on any atom is 0.324 e. The van der Waals surface area contributed by atoms with Gasteiger partial charge in [0.25, 0.3) is 0 Å². The minimum Gasteiger partial charge on any atom is -0.497 e. The zero-order valence-corrected chi connectivity index (χ0v) is 18.4. The molecule has 8 nitrogen and oxygen atoms in total. The van der Waals surface area contributed by atoms with Gasteiger partial charge in [0.15, 0.2) is 0 Å². The number of methoxy groups -OCH3 is 1. The molecule has 2 amide bonds. The van der Waals surface area contributed by atoms with E-state index in [9.17, 15) is 4.79 Å². The van der Waals surface area contributed by atoms with E-state index in [1.165, 1.54) is 11.3 Å². The van der Waals surface area contributed by atoms with Gasteiger partial charge in [-0.05, 0) is 73.0 Å². The maximum atomic E-state index is 12.1. The highest BCUT2D eigenvalue weighted by atomic mass is 32.1. The summed E-state index contributed by atoms with van der Waals surface area (Å²) in [5.74, 6) is 1.93. The van der Waals surface area contributed by atoms with Crippen LogP contribution in [0.5, 0.6) is 5.75 Å². The third kappa shape index (κ3) is 5.73. The molecule has 0 fully saturated rings. The van der Waals surface area contributed by atoms with Crippen molar-refractivity contribution in [1.82, 2.24) is 9.97 Å². The lowest BCUT2D eigenvalue weighted by Crippen LogP contribution is -2.18. The number of benzene rings is 2. The number of ether oxygens (including phenoxy) is 1. The van der Waals surface area contributed by atoms with E-state index < -0.39 is 0 Å². The first kappa shape index (κ1) is 21.1. The molecule has 0 bridgehead atoms. The molecular formula is C23H22N6O2S. The van der Waals surface area contributed by atoms with Crippen LogP contribution in [-0.4, -0.2) is 23.1 Å². The number of nitrogens with zero attached hydrogens (tertiary/aromatic N) is 2. The van der Waals surface area contributed by atoms with Crippen molar-refractivity contribution >= 4 is 51.2 Å². The summed E-state index contributed by atoms with van der Waals surface area (Å²) in [4.78, 5) is 21.0. The molecule has 4 rings (SSSR count). The van der Waals surface area contributed by atoms with Crippen molar-refractivity contribution in [2.75, 3.05) is 28.4 Å². The van der Waals surface area contributed by atoms with Crippen LogP contribution in [0.4, 0.5) is 38.6 Å². The number of urea groups is 1. The van der Waals surface area contributed by atoms with Crippen molar-refractivity contribution in [1.29, 1.82) is 0 Å². The van der Waals surface area contributed by atoms with Gasteiger partial charge < -0.3 is 20.7 Å². The van der Waals surface area contributed by atoms with E-state index >= 15 is 0 Å². The largest absolute Gasteiger partial charge is 0.497 e. The number of hydrogen-bond acceptors (Lipinski definition) is 7. The number of carbonyl (C=O) groups excluding carboxylic acids is 1. The molecule has 2 aromatic heterocycles.